The van der Waals surface area contributed by atoms with Crippen LogP contribution in [0.5, 0.6) is 0 Å². The second-order valence-corrected chi connectivity index (χ2v) is 9.17. The van der Waals surface area contributed by atoms with E-state index in [0.29, 0.717) is 11.1 Å². The fourth-order valence-corrected chi connectivity index (χ4v) is 3.75. The molecule has 2 heterocycles. The van der Waals surface area contributed by atoms with Crippen LogP contribution in [0.3, 0.4) is 0 Å². The highest BCUT2D eigenvalue weighted by atomic mass is 16.2. The predicted molar refractivity (Wildman–Crippen MR) is 126 cm³/mol. The first-order valence-electron chi connectivity index (χ1n) is 10.6. The van der Waals surface area contributed by atoms with E-state index in [2.05, 4.69) is 32.4 Å². The van der Waals surface area contributed by atoms with Gasteiger partial charge in [-0.1, -0.05) is 45.0 Å². The van der Waals surface area contributed by atoms with Gasteiger partial charge in [-0.3, -0.25) is 9.59 Å². The zero-order valence-electron chi connectivity index (χ0n) is 18.5. The van der Waals surface area contributed by atoms with E-state index in [-0.39, 0.29) is 11.5 Å². The number of rotatable bonds is 3. The van der Waals surface area contributed by atoms with Gasteiger partial charge in [0.15, 0.2) is 0 Å². The Morgan fingerprint density at radius 1 is 1.03 bits per heavy atom. The van der Waals surface area contributed by atoms with Crippen LogP contribution in [0.1, 0.15) is 20.8 Å². The molecule has 1 aliphatic rings. The number of H-pyrrole nitrogens is 1. The Kier molecular flexibility index (Phi) is 5.54. The fourth-order valence-electron chi connectivity index (χ4n) is 3.75. The van der Waals surface area contributed by atoms with Gasteiger partial charge in [-0.15, -0.1) is 0 Å². The maximum atomic E-state index is 12.8. The van der Waals surface area contributed by atoms with Gasteiger partial charge in [-0.25, -0.2) is 5.10 Å². The van der Waals surface area contributed by atoms with E-state index in [1.165, 1.54) is 0 Å². The minimum absolute atomic E-state index is 0.0423. The summed E-state index contributed by atoms with van der Waals surface area (Å²) in [6, 6.07) is 13.4. The lowest BCUT2D eigenvalue weighted by Crippen LogP contribution is -2.44. The van der Waals surface area contributed by atoms with Crippen molar-refractivity contribution in [1.82, 2.24) is 15.1 Å². The summed E-state index contributed by atoms with van der Waals surface area (Å²) in [5.41, 5.74) is 2.57. The van der Waals surface area contributed by atoms with Gasteiger partial charge in [0, 0.05) is 42.5 Å². The number of carbonyl (C=O) groups excluding carboxylic acids is 1. The van der Waals surface area contributed by atoms with E-state index in [1.807, 2.05) is 57.2 Å². The summed E-state index contributed by atoms with van der Waals surface area (Å²) >= 11 is 0. The highest BCUT2D eigenvalue weighted by Gasteiger charge is 2.24. The molecular weight excluding hydrogens is 390 g/mol. The molecule has 1 aliphatic heterocycles. The Labute approximate surface area is 182 Å². The van der Waals surface area contributed by atoms with Gasteiger partial charge < -0.3 is 15.1 Å². The quantitative estimate of drug-likeness (QED) is 0.681. The van der Waals surface area contributed by atoms with Crippen molar-refractivity contribution in [3.8, 4) is 11.3 Å². The standard InChI is InChI=1S/C24H29N5O2/c1-24(2,3)23(31)25-19-15-16(9-10-20(19)29-13-11-28(4)12-14-29)21-17-7-5-6-8-18(17)22(30)27-26-21/h5-10,15H,11-14H2,1-4H3,(H,25,31)(H,27,30). The van der Waals surface area contributed by atoms with Crippen LogP contribution in [-0.2, 0) is 4.79 Å². The number of aromatic nitrogens is 2. The highest BCUT2D eigenvalue weighted by Crippen LogP contribution is 2.34. The topological polar surface area (TPSA) is 81.3 Å². The van der Waals surface area contributed by atoms with Crippen LogP contribution in [0.4, 0.5) is 11.4 Å². The first kappa shape index (κ1) is 21.1. The maximum Gasteiger partial charge on any atom is 0.272 e. The number of piperazine rings is 1. The van der Waals surface area contributed by atoms with Crippen molar-refractivity contribution in [1.29, 1.82) is 0 Å². The minimum atomic E-state index is -0.516. The molecule has 0 aliphatic carbocycles. The lowest BCUT2D eigenvalue weighted by molar-refractivity contribution is -0.123. The SMILES string of the molecule is CN1CCN(c2ccc(-c3n[nH]c(=O)c4ccccc34)cc2NC(=O)C(C)(C)C)CC1. The fraction of sp³-hybridized carbons (Fsp3) is 0.375. The number of nitrogens with one attached hydrogen (secondary N) is 2. The molecule has 0 unspecified atom stereocenters. The molecule has 0 radical (unpaired) electrons. The Hall–Kier alpha value is -3.19. The van der Waals surface area contributed by atoms with E-state index in [0.717, 1.165) is 48.5 Å². The molecule has 4 rings (SSSR count). The largest absolute Gasteiger partial charge is 0.367 e. The van der Waals surface area contributed by atoms with Gasteiger partial charge in [0.05, 0.1) is 22.5 Å². The third-order valence-corrected chi connectivity index (χ3v) is 5.74. The molecule has 1 fully saturated rings. The summed E-state index contributed by atoms with van der Waals surface area (Å²) < 4.78 is 0. The molecule has 1 saturated heterocycles. The van der Waals surface area contributed by atoms with Gasteiger partial charge in [0.1, 0.15) is 0 Å². The Bertz CT molecular complexity index is 1170. The molecule has 1 aromatic heterocycles. The van der Waals surface area contributed by atoms with Gasteiger partial charge in [-0.05, 0) is 25.2 Å². The zero-order valence-corrected chi connectivity index (χ0v) is 18.5. The van der Waals surface area contributed by atoms with E-state index in [9.17, 15) is 9.59 Å². The van der Waals surface area contributed by atoms with Gasteiger partial charge in [0.25, 0.3) is 5.56 Å². The number of aromatic amines is 1. The molecule has 3 aromatic rings. The second-order valence-electron chi connectivity index (χ2n) is 9.17. The third kappa shape index (κ3) is 4.32. The summed E-state index contributed by atoms with van der Waals surface area (Å²) in [5.74, 6) is -0.0423. The number of likely N-dealkylation sites (N-methyl/N-ethyl adjacent to an activating group) is 1. The third-order valence-electron chi connectivity index (χ3n) is 5.74. The Morgan fingerprint density at radius 2 is 1.71 bits per heavy atom. The summed E-state index contributed by atoms with van der Waals surface area (Å²) in [7, 11) is 2.12. The summed E-state index contributed by atoms with van der Waals surface area (Å²) in [5, 5.41) is 11.4. The molecule has 2 aromatic carbocycles. The van der Waals surface area contributed by atoms with Gasteiger partial charge >= 0.3 is 0 Å². The maximum absolute atomic E-state index is 12.8. The first-order valence-corrected chi connectivity index (χ1v) is 10.6. The number of nitrogens with zero attached hydrogens (tertiary/aromatic N) is 3. The van der Waals surface area contributed by atoms with Crippen molar-refractivity contribution in [2.24, 2.45) is 5.41 Å². The smallest absolute Gasteiger partial charge is 0.272 e. The molecule has 0 bridgehead atoms. The van der Waals surface area contributed by atoms with Crippen molar-refractivity contribution >= 4 is 28.1 Å². The van der Waals surface area contributed by atoms with Crippen LogP contribution in [0.2, 0.25) is 0 Å². The van der Waals surface area contributed by atoms with Gasteiger partial charge in [0.2, 0.25) is 5.91 Å². The summed E-state index contributed by atoms with van der Waals surface area (Å²) in [4.78, 5) is 29.6. The molecule has 7 nitrogen and oxygen atoms in total. The average Bonchev–Trinajstić information content (AvgIpc) is 2.74. The van der Waals surface area contributed by atoms with E-state index >= 15 is 0 Å². The molecular formula is C24H29N5O2. The number of anilines is 2. The molecule has 0 spiro atoms. The average molecular weight is 420 g/mol. The van der Waals surface area contributed by atoms with Crippen LogP contribution >= 0.6 is 0 Å². The lowest BCUT2D eigenvalue weighted by Gasteiger charge is -2.35. The minimum Gasteiger partial charge on any atom is -0.367 e. The first-order chi connectivity index (χ1) is 14.7. The van der Waals surface area contributed by atoms with Crippen molar-refractivity contribution in [3.63, 3.8) is 0 Å². The van der Waals surface area contributed by atoms with Gasteiger partial charge in [-0.2, -0.15) is 5.10 Å². The Morgan fingerprint density at radius 3 is 2.39 bits per heavy atom. The summed E-state index contributed by atoms with van der Waals surface area (Å²) in [6.07, 6.45) is 0. The lowest BCUT2D eigenvalue weighted by atomic mass is 9.95. The molecule has 1 amide bonds. The zero-order chi connectivity index (χ0) is 22.2. The molecule has 7 heteroatoms. The van der Waals surface area contributed by atoms with Crippen LogP contribution in [0, 0.1) is 5.41 Å². The van der Waals surface area contributed by atoms with E-state index in [1.54, 1.807) is 6.07 Å². The number of fused-ring (bicyclic) bond motifs is 1. The number of carbonyl (C=O) groups is 1. The molecule has 0 saturated carbocycles. The van der Waals surface area contributed by atoms with Crippen LogP contribution in [0.15, 0.2) is 47.3 Å². The van der Waals surface area contributed by atoms with Crippen LogP contribution in [-0.4, -0.2) is 54.2 Å². The highest BCUT2D eigenvalue weighted by molar-refractivity contribution is 6.00. The Balaban J connectivity index is 1.81. The second kappa shape index (κ2) is 8.15. The number of amides is 1. The molecule has 2 N–H and O–H groups in total. The molecule has 162 valence electrons. The monoisotopic (exact) mass is 419 g/mol. The van der Waals surface area contributed by atoms with Crippen molar-refractivity contribution < 1.29 is 4.79 Å². The van der Waals surface area contributed by atoms with E-state index < -0.39 is 5.41 Å². The summed E-state index contributed by atoms with van der Waals surface area (Å²) in [6.45, 7) is 9.44. The number of hydrogen-bond acceptors (Lipinski definition) is 5. The predicted octanol–water partition coefficient (Wildman–Crippen LogP) is 3.33. The van der Waals surface area contributed by atoms with E-state index in [4.69, 9.17) is 0 Å². The normalized spacial score (nSPS) is 15.3. The van der Waals surface area contributed by atoms with Crippen LogP contribution in [0.25, 0.3) is 22.0 Å². The number of benzene rings is 2. The van der Waals surface area contributed by atoms with Crippen molar-refractivity contribution in [2.75, 3.05) is 43.4 Å². The van der Waals surface area contributed by atoms with Crippen LogP contribution < -0.4 is 15.8 Å². The van der Waals surface area contributed by atoms with Crippen molar-refractivity contribution in [2.45, 2.75) is 20.8 Å². The molecule has 31 heavy (non-hydrogen) atoms. The molecule has 0 atom stereocenters. The number of hydrogen-bond donors (Lipinski definition) is 2. The van der Waals surface area contributed by atoms with Crippen molar-refractivity contribution in [3.05, 3.63) is 52.8 Å².